The van der Waals surface area contributed by atoms with Crippen molar-refractivity contribution in [3.63, 3.8) is 0 Å². The topological polar surface area (TPSA) is 50.4 Å². The quantitative estimate of drug-likeness (QED) is 0.825. The zero-order chi connectivity index (χ0) is 12.8. The summed E-state index contributed by atoms with van der Waals surface area (Å²) in [5.74, 6) is -2.48. The van der Waals surface area contributed by atoms with Gasteiger partial charge in [-0.25, -0.2) is 8.78 Å². The second kappa shape index (κ2) is 6.15. The van der Waals surface area contributed by atoms with Gasteiger partial charge in [0.25, 0.3) is 0 Å². The Hall–Kier alpha value is -1.69. The van der Waals surface area contributed by atoms with Crippen molar-refractivity contribution in [1.29, 1.82) is 0 Å². The highest BCUT2D eigenvalue weighted by atomic mass is 19.1. The Bertz CT molecular complexity index is 387. The first-order chi connectivity index (χ1) is 8.08. The van der Waals surface area contributed by atoms with Gasteiger partial charge in [-0.15, -0.1) is 0 Å². The molecule has 2 N–H and O–H groups in total. The molecule has 0 aliphatic rings. The maximum atomic E-state index is 13.3. The summed E-state index contributed by atoms with van der Waals surface area (Å²) >= 11 is 0. The predicted octanol–water partition coefficient (Wildman–Crippen LogP) is 1.52. The smallest absolute Gasteiger partial charge is 0.225 e. The second-order valence-electron chi connectivity index (χ2n) is 3.37. The predicted molar refractivity (Wildman–Crippen MR) is 60.1 cm³/mol. The molecule has 0 aliphatic heterocycles. The van der Waals surface area contributed by atoms with Gasteiger partial charge in [0.2, 0.25) is 5.91 Å². The number of carbonyl (C=O) groups excluding carboxylic acids is 1. The van der Waals surface area contributed by atoms with Crippen molar-refractivity contribution in [2.75, 3.05) is 26.0 Å². The average Bonchev–Trinajstić information content (AvgIpc) is 2.26. The van der Waals surface area contributed by atoms with Gasteiger partial charge in [0, 0.05) is 30.8 Å². The van der Waals surface area contributed by atoms with Gasteiger partial charge in [0.15, 0.2) is 17.4 Å². The molecule has 0 radical (unpaired) electrons. The minimum Gasteiger partial charge on any atom is -0.491 e. The number of nitrogens with one attached hydrogen (secondary N) is 2. The summed E-state index contributed by atoms with van der Waals surface area (Å²) in [5.41, 5.74) is 0.0712. The van der Waals surface area contributed by atoms with Gasteiger partial charge >= 0.3 is 0 Å². The number of hydrogen-bond donors (Lipinski definition) is 2. The van der Waals surface area contributed by atoms with Crippen LogP contribution in [0.25, 0.3) is 0 Å². The first-order valence-electron chi connectivity index (χ1n) is 5.06. The molecule has 0 spiro atoms. The standard InChI is InChI=1S/C11H14F2N2O2/c1-14-4-3-10(16)15-7-5-8(12)11(17-2)9(13)6-7/h5-6,14H,3-4H2,1-2H3,(H,15,16). The van der Waals surface area contributed by atoms with Gasteiger partial charge in [0.1, 0.15) is 0 Å². The van der Waals surface area contributed by atoms with Crippen LogP contribution in [0.4, 0.5) is 14.5 Å². The van der Waals surface area contributed by atoms with E-state index >= 15 is 0 Å². The van der Waals surface area contributed by atoms with Crippen LogP contribution in [0.15, 0.2) is 12.1 Å². The van der Waals surface area contributed by atoms with Crippen LogP contribution in [0.5, 0.6) is 5.75 Å². The summed E-state index contributed by atoms with van der Waals surface area (Å²) in [5, 5.41) is 5.19. The number of benzene rings is 1. The van der Waals surface area contributed by atoms with Gasteiger partial charge in [-0.1, -0.05) is 0 Å². The number of methoxy groups -OCH3 is 1. The Labute approximate surface area is 98.0 Å². The van der Waals surface area contributed by atoms with Crippen LogP contribution in [0.3, 0.4) is 0 Å². The molecular weight excluding hydrogens is 230 g/mol. The molecule has 0 heterocycles. The van der Waals surface area contributed by atoms with E-state index in [9.17, 15) is 13.6 Å². The van der Waals surface area contributed by atoms with Crippen LogP contribution in [0, 0.1) is 11.6 Å². The lowest BCUT2D eigenvalue weighted by atomic mass is 10.2. The van der Waals surface area contributed by atoms with E-state index in [2.05, 4.69) is 15.4 Å². The fourth-order valence-electron chi connectivity index (χ4n) is 1.29. The highest BCUT2D eigenvalue weighted by molar-refractivity contribution is 5.90. The molecule has 0 aliphatic carbocycles. The van der Waals surface area contributed by atoms with Crippen molar-refractivity contribution in [2.45, 2.75) is 6.42 Å². The molecule has 4 nitrogen and oxygen atoms in total. The van der Waals surface area contributed by atoms with E-state index in [1.54, 1.807) is 7.05 Å². The third-order valence-electron chi connectivity index (χ3n) is 2.09. The van der Waals surface area contributed by atoms with E-state index in [-0.39, 0.29) is 18.0 Å². The molecular formula is C11H14F2N2O2. The van der Waals surface area contributed by atoms with Crippen LogP contribution in [-0.2, 0) is 4.79 Å². The Balaban J connectivity index is 2.76. The van der Waals surface area contributed by atoms with Gasteiger partial charge in [-0.3, -0.25) is 4.79 Å². The molecule has 0 bridgehead atoms. The van der Waals surface area contributed by atoms with Crippen molar-refractivity contribution >= 4 is 11.6 Å². The third kappa shape index (κ3) is 3.67. The van der Waals surface area contributed by atoms with Gasteiger partial charge in [0.05, 0.1) is 7.11 Å². The molecule has 0 aromatic heterocycles. The molecule has 1 amide bonds. The van der Waals surface area contributed by atoms with E-state index in [0.29, 0.717) is 6.54 Å². The lowest BCUT2D eigenvalue weighted by Gasteiger charge is -2.08. The second-order valence-corrected chi connectivity index (χ2v) is 3.37. The van der Waals surface area contributed by atoms with Crippen LogP contribution >= 0.6 is 0 Å². The molecule has 94 valence electrons. The molecule has 0 saturated carbocycles. The number of rotatable bonds is 5. The molecule has 0 fully saturated rings. The first-order valence-corrected chi connectivity index (χ1v) is 5.06. The Morgan fingerprint density at radius 1 is 1.35 bits per heavy atom. The largest absolute Gasteiger partial charge is 0.491 e. The molecule has 6 heteroatoms. The molecule has 17 heavy (non-hydrogen) atoms. The van der Waals surface area contributed by atoms with Crippen molar-refractivity contribution < 1.29 is 18.3 Å². The molecule has 0 saturated heterocycles. The van der Waals surface area contributed by atoms with Gasteiger partial charge in [-0.05, 0) is 7.05 Å². The molecule has 1 aromatic rings. The zero-order valence-corrected chi connectivity index (χ0v) is 9.64. The van der Waals surface area contributed by atoms with Crippen molar-refractivity contribution in [3.8, 4) is 5.75 Å². The van der Waals surface area contributed by atoms with E-state index in [0.717, 1.165) is 12.1 Å². The number of carbonyl (C=O) groups is 1. The van der Waals surface area contributed by atoms with Gasteiger partial charge < -0.3 is 15.4 Å². The van der Waals surface area contributed by atoms with Gasteiger partial charge in [-0.2, -0.15) is 0 Å². The summed E-state index contributed by atoms with van der Waals surface area (Å²) < 4.78 is 31.1. The van der Waals surface area contributed by atoms with E-state index < -0.39 is 17.4 Å². The Morgan fingerprint density at radius 2 is 1.94 bits per heavy atom. The zero-order valence-electron chi connectivity index (χ0n) is 9.64. The molecule has 0 unspecified atom stereocenters. The van der Waals surface area contributed by atoms with Crippen molar-refractivity contribution in [2.24, 2.45) is 0 Å². The SMILES string of the molecule is CNCCC(=O)Nc1cc(F)c(OC)c(F)c1. The number of hydrogen-bond acceptors (Lipinski definition) is 3. The monoisotopic (exact) mass is 244 g/mol. The summed E-state index contributed by atoms with van der Waals surface area (Å²) in [6.07, 6.45) is 0.228. The maximum absolute atomic E-state index is 13.3. The summed E-state index contributed by atoms with van der Waals surface area (Å²) in [7, 11) is 2.88. The summed E-state index contributed by atoms with van der Waals surface area (Å²) in [6, 6.07) is 2.03. The third-order valence-corrected chi connectivity index (χ3v) is 2.09. The molecule has 1 rings (SSSR count). The summed E-state index contributed by atoms with van der Waals surface area (Å²) in [4.78, 5) is 11.3. The maximum Gasteiger partial charge on any atom is 0.225 e. The average molecular weight is 244 g/mol. The highest BCUT2D eigenvalue weighted by Gasteiger charge is 2.12. The minimum absolute atomic E-state index is 0.0712. The molecule has 0 atom stereocenters. The highest BCUT2D eigenvalue weighted by Crippen LogP contribution is 2.25. The normalized spacial score (nSPS) is 10.1. The minimum atomic E-state index is -0.851. The van der Waals surface area contributed by atoms with E-state index in [1.807, 2.05) is 0 Å². The first kappa shape index (κ1) is 13.4. The Kier molecular flexibility index (Phi) is 4.84. The van der Waals surface area contributed by atoms with Crippen molar-refractivity contribution in [1.82, 2.24) is 5.32 Å². The van der Waals surface area contributed by atoms with Crippen LogP contribution in [0.2, 0.25) is 0 Å². The van der Waals surface area contributed by atoms with Crippen LogP contribution in [0.1, 0.15) is 6.42 Å². The number of anilines is 1. The van der Waals surface area contributed by atoms with Crippen molar-refractivity contribution in [3.05, 3.63) is 23.8 Å². The lowest BCUT2D eigenvalue weighted by molar-refractivity contribution is -0.116. The number of amides is 1. The Morgan fingerprint density at radius 3 is 2.41 bits per heavy atom. The fourth-order valence-corrected chi connectivity index (χ4v) is 1.29. The number of ether oxygens (including phenoxy) is 1. The lowest BCUT2D eigenvalue weighted by Crippen LogP contribution is -2.18. The van der Waals surface area contributed by atoms with E-state index in [4.69, 9.17) is 0 Å². The fraction of sp³-hybridized carbons (Fsp3) is 0.364. The summed E-state index contributed by atoms with van der Waals surface area (Å²) in [6.45, 7) is 0.493. The van der Waals surface area contributed by atoms with Crippen LogP contribution < -0.4 is 15.4 Å². The molecule has 1 aromatic carbocycles. The van der Waals surface area contributed by atoms with Crippen LogP contribution in [-0.4, -0.2) is 26.6 Å². The number of halogens is 2. The van der Waals surface area contributed by atoms with E-state index in [1.165, 1.54) is 7.11 Å².